The number of carbonyl (C=O) groups excluding carboxylic acids is 1. The van der Waals surface area contributed by atoms with E-state index in [2.05, 4.69) is 25.6 Å². The van der Waals surface area contributed by atoms with Crippen LogP contribution in [-0.4, -0.2) is 48.4 Å². The van der Waals surface area contributed by atoms with Gasteiger partial charge < -0.3 is 15.2 Å². The zero-order valence-electron chi connectivity index (χ0n) is 15.7. The van der Waals surface area contributed by atoms with Gasteiger partial charge >= 0.3 is 0 Å². The van der Waals surface area contributed by atoms with Crippen LogP contribution >= 0.6 is 0 Å². The van der Waals surface area contributed by atoms with Crippen molar-refractivity contribution in [2.75, 3.05) is 18.9 Å². The molecule has 0 bridgehead atoms. The van der Waals surface area contributed by atoms with Gasteiger partial charge in [-0.1, -0.05) is 12.1 Å². The molecule has 0 saturated carbocycles. The summed E-state index contributed by atoms with van der Waals surface area (Å²) >= 11 is 0. The number of aromatic nitrogens is 6. The van der Waals surface area contributed by atoms with E-state index < -0.39 is 0 Å². The van der Waals surface area contributed by atoms with Crippen LogP contribution < -0.4 is 10.6 Å². The first-order valence-corrected chi connectivity index (χ1v) is 9.23. The van der Waals surface area contributed by atoms with E-state index in [4.69, 9.17) is 4.98 Å². The first-order valence-electron chi connectivity index (χ1n) is 9.23. The molecule has 0 saturated heterocycles. The Balaban J connectivity index is 1.64. The van der Waals surface area contributed by atoms with Crippen LogP contribution in [0.25, 0.3) is 27.7 Å². The first-order chi connectivity index (χ1) is 14.2. The van der Waals surface area contributed by atoms with E-state index >= 15 is 0 Å². The number of fused-ring (bicyclic) bond motifs is 5. The minimum atomic E-state index is -0.199. The number of nitrogens with zero attached hydrogens (tertiary/aromatic N) is 6. The molecule has 0 aliphatic rings. The molecular formula is C20H18N8O. The summed E-state index contributed by atoms with van der Waals surface area (Å²) in [5.41, 5.74) is 3.45. The monoisotopic (exact) mass is 386 g/mol. The Morgan fingerprint density at radius 2 is 2.07 bits per heavy atom. The number of anilines is 1. The molecule has 144 valence electrons. The van der Waals surface area contributed by atoms with E-state index in [0.717, 1.165) is 23.0 Å². The maximum Gasteiger partial charge on any atom is 0.254 e. The molecule has 1 amide bonds. The Labute approximate surface area is 165 Å². The van der Waals surface area contributed by atoms with Crippen LogP contribution in [0.3, 0.4) is 0 Å². The zero-order valence-corrected chi connectivity index (χ0v) is 15.7. The summed E-state index contributed by atoms with van der Waals surface area (Å²) < 4.78 is 3.89. The molecule has 5 rings (SSSR count). The Morgan fingerprint density at radius 1 is 1.17 bits per heavy atom. The summed E-state index contributed by atoms with van der Waals surface area (Å²) in [6.07, 6.45) is 7.15. The summed E-state index contributed by atoms with van der Waals surface area (Å²) in [7, 11) is 1.61. The number of pyridine rings is 1. The standard InChI is InChI=1S/C20H18N8O/c1-21-19(29)14-10-13-11-24-20(23-7-9-27-8-6-22-12-27)26-17(13)28-16-5-3-2-4-15(16)25-18(14)28/h2-6,8,10-12H,7,9H2,1H3,(H,21,29)(H,23,24,26). The summed E-state index contributed by atoms with van der Waals surface area (Å²) in [5, 5.41) is 6.69. The van der Waals surface area contributed by atoms with E-state index in [-0.39, 0.29) is 5.91 Å². The molecule has 1 aromatic carbocycles. The SMILES string of the molecule is CNC(=O)c1cc2cnc(NCCn3ccnc3)nc2n2c1nc1ccccc12. The number of imidazole rings is 2. The summed E-state index contributed by atoms with van der Waals surface area (Å²) in [6, 6.07) is 9.55. The highest BCUT2D eigenvalue weighted by atomic mass is 16.1. The second kappa shape index (κ2) is 6.86. The Bertz CT molecular complexity index is 1340. The number of amides is 1. The van der Waals surface area contributed by atoms with Crippen molar-refractivity contribution in [3.8, 4) is 0 Å². The maximum absolute atomic E-state index is 12.4. The number of hydrogen-bond acceptors (Lipinski definition) is 6. The number of rotatable bonds is 5. The van der Waals surface area contributed by atoms with E-state index in [1.54, 1.807) is 31.8 Å². The average molecular weight is 386 g/mol. The summed E-state index contributed by atoms with van der Waals surface area (Å²) in [5.74, 6) is 0.319. The van der Waals surface area contributed by atoms with Crippen LogP contribution in [0.15, 0.2) is 55.2 Å². The number of para-hydroxylation sites is 2. The molecule has 0 aliphatic carbocycles. The third kappa shape index (κ3) is 2.92. The van der Waals surface area contributed by atoms with Gasteiger partial charge in [0.1, 0.15) is 0 Å². The van der Waals surface area contributed by atoms with Crippen LogP contribution in [0.4, 0.5) is 5.95 Å². The van der Waals surface area contributed by atoms with Crippen molar-refractivity contribution in [2.45, 2.75) is 6.54 Å². The molecule has 9 nitrogen and oxygen atoms in total. The van der Waals surface area contributed by atoms with Gasteiger partial charge in [0.25, 0.3) is 5.91 Å². The number of benzene rings is 1. The molecule has 29 heavy (non-hydrogen) atoms. The van der Waals surface area contributed by atoms with Gasteiger partial charge in [-0.3, -0.25) is 9.20 Å². The topological polar surface area (TPSA) is 102 Å². The van der Waals surface area contributed by atoms with Crippen molar-refractivity contribution in [1.82, 2.24) is 34.2 Å². The van der Waals surface area contributed by atoms with Gasteiger partial charge in [0.05, 0.1) is 22.9 Å². The van der Waals surface area contributed by atoms with E-state index in [0.29, 0.717) is 29.4 Å². The van der Waals surface area contributed by atoms with Crippen molar-refractivity contribution < 1.29 is 4.79 Å². The van der Waals surface area contributed by atoms with Gasteiger partial charge in [-0.15, -0.1) is 0 Å². The van der Waals surface area contributed by atoms with Crippen LogP contribution in [0.1, 0.15) is 10.4 Å². The number of nitrogens with one attached hydrogen (secondary N) is 2. The molecule has 4 aromatic heterocycles. The van der Waals surface area contributed by atoms with Gasteiger partial charge in [0, 0.05) is 44.1 Å². The van der Waals surface area contributed by atoms with Crippen LogP contribution in [-0.2, 0) is 6.54 Å². The quantitative estimate of drug-likeness (QED) is 0.480. The molecule has 0 aliphatic heterocycles. The fraction of sp³-hybridized carbons (Fsp3) is 0.150. The molecule has 0 fully saturated rings. The second-order valence-corrected chi connectivity index (χ2v) is 6.60. The van der Waals surface area contributed by atoms with Crippen molar-refractivity contribution in [1.29, 1.82) is 0 Å². The Kier molecular flexibility index (Phi) is 4.05. The summed E-state index contributed by atoms with van der Waals surface area (Å²) in [4.78, 5) is 30.3. The highest BCUT2D eigenvalue weighted by Crippen LogP contribution is 2.25. The molecular weight excluding hydrogens is 368 g/mol. The molecule has 0 atom stereocenters. The van der Waals surface area contributed by atoms with E-state index in [9.17, 15) is 4.79 Å². The smallest absolute Gasteiger partial charge is 0.254 e. The number of hydrogen-bond donors (Lipinski definition) is 2. The highest BCUT2D eigenvalue weighted by Gasteiger charge is 2.18. The molecule has 0 radical (unpaired) electrons. The lowest BCUT2D eigenvalue weighted by Crippen LogP contribution is -2.19. The third-order valence-electron chi connectivity index (χ3n) is 4.79. The van der Waals surface area contributed by atoms with Gasteiger partial charge in [-0.2, -0.15) is 4.98 Å². The van der Waals surface area contributed by atoms with Gasteiger partial charge in [-0.25, -0.2) is 15.0 Å². The predicted octanol–water partition coefficient (Wildman–Crippen LogP) is 2.10. The molecule has 0 spiro atoms. The molecule has 5 aromatic rings. The number of carbonyl (C=O) groups is 1. The second-order valence-electron chi connectivity index (χ2n) is 6.60. The lowest BCUT2D eigenvalue weighted by atomic mass is 10.2. The minimum Gasteiger partial charge on any atom is -0.355 e. The van der Waals surface area contributed by atoms with Gasteiger partial charge in [0.15, 0.2) is 11.3 Å². The van der Waals surface area contributed by atoms with Crippen molar-refractivity contribution in [3.63, 3.8) is 0 Å². The highest BCUT2D eigenvalue weighted by molar-refractivity contribution is 6.05. The normalized spacial score (nSPS) is 11.3. The minimum absolute atomic E-state index is 0.199. The van der Waals surface area contributed by atoms with Crippen molar-refractivity contribution in [3.05, 3.63) is 60.8 Å². The van der Waals surface area contributed by atoms with E-state index in [1.807, 2.05) is 39.4 Å². The average Bonchev–Trinajstić information content (AvgIpc) is 3.40. The molecule has 2 N–H and O–H groups in total. The summed E-state index contributed by atoms with van der Waals surface area (Å²) in [6.45, 7) is 1.41. The van der Waals surface area contributed by atoms with Gasteiger partial charge in [-0.05, 0) is 18.2 Å². The first kappa shape index (κ1) is 17.1. The molecule has 0 unspecified atom stereocenters. The van der Waals surface area contributed by atoms with Gasteiger partial charge in [0.2, 0.25) is 5.95 Å². The third-order valence-corrected chi connectivity index (χ3v) is 4.79. The van der Waals surface area contributed by atoms with E-state index in [1.165, 1.54) is 0 Å². The molecule has 4 heterocycles. The fourth-order valence-corrected chi connectivity index (χ4v) is 3.41. The van der Waals surface area contributed by atoms with Crippen molar-refractivity contribution >= 4 is 39.6 Å². The van der Waals surface area contributed by atoms with Crippen molar-refractivity contribution in [2.24, 2.45) is 0 Å². The Hall–Kier alpha value is -4.01. The van der Waals surface area contributed by atoms with Crippen LogP contribution in [0.5, 0.6) is 0 Å². The van der Waals surface area contributed by atoms with Crippen LogP contribution in [0, 0.1) is 0 Å². The zero-order chi connectivity index (χ0) is 19.8. The Morgan fingerprint density at radius 3 is 2.90 bits per heavy atom. The molecule has 9 heteroatoms. The lowest BCUT2D eigenvalue weighted by molar-refractivity contribution is 0.0964. The fourth-order valence-electron chi connectivity index (χ4n) is 3.41. The maximum atomic E-state index is 12.4. The largest absolute Gasteiger partial charge is 0.355 e. The predicted molar refractivity (Wildman–Crippen MR) is 110 cm³/mol. The van der Waals surface area contributed by atoms with Crippen LogP contribution in [0.2, 0.25) is 0 Å². The lowest BCUT2D eigenvalue weighted by Gasteiger charge is -2.10.